The van der Waals surface area contributed by atoms with Crippen LogP contribution in [0, 0.1) is 0 Å². The molecule has 2 aromatic rings. The fourth-order valence-electron chi connectivity index (χ4n) is 6.27. The van der Waals surface area contributed by atoms with Crippen molar-refractivity contribution in [2.75, 3.05) is 19.6 Å². The molecule has 0 saturated carbocycles. The van der Waals surface area contributed by atoms with Crippen molar-refractivity contribution < 1.29 is 0 Å². The Morgan fingerprint density at radius 1 is 0.541 bits per heavy atom. The molecule has 0 amide bonds. The third-order valence-corrected chi connectivity index (χ3v) is 8.54. The molecule has 37 heavy (non-hydrogen) atoms. The molecular weight excluding hydrogens is 446 g/mol. The molecule has 0 unspecified atom stereocenters. The lowest BCUT2D eigenvalue weighted by atomic mass is 9.86. The van der Waals surface area contributed by atoms with Gasteiger partial charge in [0.15, 0.2) is 0 Å². The van der Waals surface area contributed by atoms with E-state index in [1.807, 2.05) is 0 Å². The summed E-state index contributed by atoms with van der Waals surface area (Å²) in [6, 6.07) is 17.9. The van der Waals surface area contributed by atoms with E-state index in [9.17, 15) is 0 Å². The highest BCUT2D eigenvalue weighted by molar-refractivity contribution is 5.94. The maximum Gasteiger partial charge on any atom is 0.00190 e. The fourth-order valence-corrected chi connectivity index (χ4v) is 6.27. The van der Waals surface area contributed by atoms with Crippen LogP contribution in [0.25, 0.3) is 17.7 Å². The van der Waals surface area contributed by atoms with Crippen LogP contribution in [0.1, 0.15) is 132 Å². The Hall–Kier alpha value is -2.12. The molecule has 0 aromatic heterocycles. The summed E-state index contributed by atoms with van der Waals surface area (Å²) in [6.07, 6.45) is 27.1. The van der Waals surface area contributed by atoms with Crippen LogP contribution in [0.4, 0.5) is 0 Å². The van der Waals surface area contributed by atoms with Gasteiger partial charge in [-0.05, 0) is 53.6 Å². The lowest BCUT2D eigenvalue weighted by molar-refractivity contribution is 0.251. The van der Waals surface area contributed by atoms with Gasteiger partial charge in [-0.15, -0.1) is 0 Å². The third-order valence-electron chi connectivity index (χ3n) is 8.54. The Kier molecular flexibility index (Phi) is 12.0. The van der Waals surface area contributed by atoms with Crippen molar-refractivity contribution in [3.63, 3.8) is 0 Å². The van der Waals surface area contributed by atoms with Crippen LogP contribution in [-0.2, 0) is 0 Å². The van der Waals surface area contributed by atoms with Crippen LogP contribution in [0.3, 0.4) is 0 Å². The van der Waals surface area contributed by atoms with Gasteiger partial charge in [0, 0.05) is 13.1 Å². The first kappa shape index (κ1) is 27.9. The molecule has 0 N–H and O–H groups in total. The number of hydrogen-bond acceptors (Lipinski definition) is 1. The van der Waals surface area contributed by atoms with Crippen LogP contribution in [0.15, 0.2) is 54.1 Å². The van der Waals surface area contributed by atoms with Crippen molar-refractivity contribution in [1.29, 1.82) is 0 Å². The molecule has 0 bridgehead atoms. The molecular formula is C36H51N. The quantitative estimate of drug-likeness (QED) is 0.189. The molecule has 200 valence electrons. The van der Waals surface area contributed by atoms with Crippen molar-refractivity contribution in [2.45, 2.75) is 110 Å². The zero-order valence-electron chi connectivity index (χ0n) is 23.7. The Morgan fingerprint density at radius 3 is 1.46 bits per heavy atom. The van der Waals surface area contributed by atoms with Crippen LogP contribution in [-0.4, -0.2) is 24.5 Å². The first-order chi connectivity index (χ1) is 18.4. The molecule has 4 rings (SSSR count). The number of benzene rings is 2. The summed E-state index contributed by atoms with van der Waals surface area (Å²) in [5, 5.41) is 0. The van der Waals surface area contributed by atoms with E-state index < -0.39 is 0 Å². The van der Waals surface area contributed by atoms with Gasteiger partial charge in [-0.3, -0.25) is 0 Å². The zero-order valence-corrected chi connectivity index (χ0v) is 23.7. The molecule has 0 radical (unpaired) electrons. The Morgan fingerprint density at radius 2 is 0.973 bits per heavy atom. The smallest absolute Gasteiger partial charge is 0.00190 e. The second-order valence-corrected chi connectivity index (χ2v) is 11.4. The SMILES string of the molecule is CCCCCCCCCCCCCCCCN1CCC(=C2c3ccccc3C=Cc3ccccc32)CC1. The van der Waals surface area contributed by atoms with Crippen molar-refractivity contribution in [1.82, 2.24) is 4.90 Å². The fraction of sp³-hybridized carbons (Fsp3) is 0.556. The van der Waals surface area contributed by atoms with Gasteiger partial charge in [-0.25, -0.2) is 0 Å². The molecule has 1 nitrogen and oxygen atoms in total. The van der Waals surface area contributed by atoms with E-state index in [1.54, 1.807) is 5.57 Å². The van der Waals surface area contributed by atoms with E-state index in [0.717, 1.165) is 0 Å². The maximum atomic E-state index is 2.72. The predicted molar refractivity (Wildman–Crippen MR) is 164 cm³/mol. The van der Waals surface area contributed by atoms with Crippen molar-refractivity contribution in [2.24, 2.45) is 0 Å². The molecule has 1 saturated heterocycles. The maximum absolute atomic E-state index is 2.72. The number of nitrogens with zero attached hydrogens (tertiary/aromatic N) is 1. The minimum absolute atomic E-state index is 1.20. The highest BCUT2D eigenvalue weighted by atomic mass is 15.1. The summed E-state index contributed by atoms with van der Waals surface area (Å²) >= 11 is 0. The standard InChI is InChI=1S/C36H51N/c1-2-3-4-5-6-7-8-9-10-11-12-13-14-19-28-37-29-26-33(27-30-37)36-34-22-17-15-20-31(34)24-25-32-21-16-18-23-35(32)36/h15-18,20-25H,2-14,19,26-30H2,1H3. The second-order valence-electron chi connectivity index (χ2n) is 11.4. The van der Waals surface area contributed by atoms with Crippen LogP contribution in [0.5, 0.6) is 0 Å². The van der Waals surface area contributed by atoms with Crippen molar-refractivity contribution in [3.8, 4) is 0 Å². The van der Waals surface area contributed by atoms with E-state index in [4.69, 9.17) is 0 Å². The van der Waals surface area contributed by atoms with Crippen molar-refractivity contribution in [3.05, 3.63) is 76.4 Å². The van der Waals surface area contributed by atoms with Crippen LogP contribution < -0.4 is 0 Å². The predicted octanol–water partition coefficient (Wildman–Crippen LogP) is 10.5. The lowest BCUT2D eigenvalue weighted by Crippen LogP contribution is -2.32. The number of piperidine rings is 1. The van der Waals surface area contributed by atoms with Gasteiger partial charge in [0.2, 0.25) is 0 Å². The number of rotatable bonds is 15. The van der Waals surface area contributed by atoms with Gasteiger partial charge < -0.3 is 4.90 Å². The minimum atomic E-state index is 1.20. The summed E-state index contributed by atoms with van der Waals surface area (Å²) in [4.78, 5) is 2.72. The summed E-state index contributed by atoms with van der Waals surface area (Å²) in [7, 11) is 0. The minimum Gasteiger partial charge on any atom is -0.303 e. The lowest BCUT2D eigenvalue weighted by Gasteiger charge is -2.30. The third kappa shape index (κ3) is 8.71. The largest absolute Gasteiger partial charge is 0.303 e. The summed E-state index contributed by atoms with van der Waals surface area (Å²) in [5.41, 5.74) is 8.70. The van der Waals surface area contributed by atoms with E-state index in [1.165, 1.54) is 150 Å². The first-order valence-corrected chi connectivity index (χ1v) is 15.7. The molecule has 1 heterocycles. The number of fused-ring (bicyclic) bond motifs is 2. The monoisotopic (exact) mass is 497 g/mol. The van der Waals surface area contributed by atoms with Gasteiger partial charge in [0.25, 0.3) is 0 Å². The van der Waals surface area contributed by atoms with Gasteiger partial charge in [0.05, 0.1) is 0 Å². The Labute approximate surface area is 228 Å². The average Bonchev–Trinajstić information content (AvgIpc) is 3.11. The average molecular weight is 498 g/mol. The van der Waals surface area contributed by atoms with E-state index in [0.29, 0.717) is 0 Å². The number of hydrogen-bond donors (Lipinski definition) is 0. The molecule has 1 fully saturated rings. The Bertz CT molecular complexity index is 936. The van der Waals surface area contributed by atoms with E-state index >= 15 is 0 Å². The van der Waals surface area contributed by atoms with Gasteiger partial charge >= 0.3 is 0 Å². The van der Waals surface area contributed by atoms with Gasteiger partial charge in [-0.2, -0.15) is 0 Å². The van der Waals surface area contributed by atoms with Crippen molar-refractivity contribution >= 4 is 17.7 Å². The Balaban J connectivity index is 1.13. The zero-order chi connectivity index (χ0) is 25.5. The second kappa shape index (κ2) is 16.0. The normalized spacial score (nSPS) is 15.5. The summed E-state index contributed by atoms with van der Waals surface area (Å²) in [5.74, 6) is 0. The molecule has 1 heteroatoms. The summed E-state index contributed by atoms with van der Waals surface area (Å²) in [6.45, 7) is 6.02. The van der Waals surface area contributed by atoms with E-state index in [2.05, 4.69) is 72.5 Å². The van der Waals surface area contributed by atoms with Gasteiger partial charge in [0.1, 0.15) is 0 Å². The number of likely N-dealkylation sites (tertiary alicyclic amines) is 1. The molecule has 0 atom stereocenters. The number of unbranched alkanes of at least 4 members (excludes halogenated alkanes) is 13. The molecule has 0 spiro atoms. The molecule has 2 aromatic carbocycles. The van der Waals surface area contributed by atoms with E-state index in [-0.39, 0.29) is 0 Å². The first-order valence-electron chi connectivity index (χ1n) is 15.7. The van der Waals surface area contributed by atoms with Crippen LogP contribution in [0.2, 0.25) is 0 Å². The van der Waals surface area contributed by atoms with Gasteiger partial charge in [-0.1, -0.05) is 157 Å². The highest BCUT2D eigenvalue weighted by Gasteiger charge is 2.22. The summed E-state index contributed by atoms with van der Waals surface area (Å²) < 4.78 is 0. The molecule has 1 aliphatic carbocycles. The topological polar surface area (TPSA) is 3.24 Å². The van der Waals surface area contributed by atoms with Crippen LogP contribution >= 0.6 is 0 Å². The molecule has 1 aliphatic heterocycles. The highest BCUT2D eigenvalue weighted by Crippen LogP contribution is 2.38. The molecule has 2 aliphatic rings.